The summed E-state index contributed by atoms with van der Waals surface area (Å²) in [6, 6.07) is 0. The van der Waals surface area contributed by atoms with Gasteiger partial charge in [0, 0.05) is 20.1 Å². The van der Waals surface area contributed by atoms with Gasteiger partial charge in [-0.25, -0.2) is 4.98 Å². The average Bonchev–Trinajstić information content (AvgIpc) is 2.41. The molecule has 1 aliphatic rings. The van der Waals surface area contributed by atoms with Crippen LogP contribution in [-0.2, 0) is 20.1 Å². The molecule has 1 aliphatic heterocycles. The second-order valence-electron chi connectivity index (χ2n) is 2.71. The third-order valence-electron chi connectivity index (χ3n) is 2.11. The molecule has 0 saturated heterocycles. The van der Waals surface area contributed by atoms with E-state index in [9.17, 15) is 0 Å². The molecule has 1 aromatic heterocycles. The fourth-order valence-electron chi connectivity index (χ4n) is 1.39. The smallest absolute Gasteiger partial charge is 0.105 e. The third kappa shape index (κ3) is 0.609. The van der Waals surface area contributed by atoms with Crippen LogP contribution in [0, 0.1) is 6.92 Å². The number of nitrogens with one attached hydrogen (secondary N) is 1. The van der Waals surface area contributed by atoms with E-state index in [4.69, 9.17) is 0 Å². The molecule has 0 radical (unpaired) electrons. The maximum Gasteiger partial charge on any atom is 0.105 e. The van der Waals surface area contributed by atoms with E-state index in [-0.39, 0.29) is 0 Å². The average molecular weight is 137 g/mol. The first-order valence-corrected chi connectivity index (χ1v) is 3.51. The number of imidazole rings is 1. The lowest BCUT2D eigenvalue weighted by Gasteiger charge is -1.97. The molecule has 0 atom stereocenters. The largest absolute Gasteiger partial charge is 0.334 e. The van der Waals surface area contributed by atoms with Gasteiger partial charge in [0.15, 0.2) is 0 Å². The summed E-state index contributed by atoms with van der Waals surface area (Å²) in [6.45, 7) is 3.96. The van der Waals surface area contributed by atoms with Gasteiger partial charge >= 0.3 is 0 Å². The summed E-state index contributed by atoms with van der Waals surface area (Å²) >= 11 is 0. The van der Waals surface area contributed by atoms with E-state index in [1.165, 1.54) is 11.4 Å². The molecule has 0 bridgehead atoms. The Morgan fingerprint density at radius 1 is 1.50 bits per heavy atom. The van der Waals surface area contributed by atoms with Crippen molar-refractivity contribution in [3.05, 3.63) is 17.2 Å². The Bertz CT molecular complexity index is 262. The first-order valence-electron chi connectivity index (χ1n) is 3.51. The van der Waals surface area contributed by atoms with E-state index < -0.39 is 0 Å². The van der Waals surface area contributed by atoms with Crippen LogP contribution in [-0.4, -0.2) is 9.55 Å². The van der Waals surface area contributed by atoms with Crippen molar-refractivity contribution in [3.8, 4) is 0 Å². The Labute approximate surface area is 60.1 Å². The van der Waals surface area contributed by atoms with Crippen molar-refractivity contribution in [2.75, 3.05) is 0 Å². The Hall–Kier alpha value is -0.830. The van der Waals surface area contributed by atoms with Gasteiger partial charge in [-0.3, -0.25) is 0 Å². The number of aromatic nitrogens is 2. The molecule has 0 fully saturated rings. The molecule has 3 heteroatoms. The lowest BCUT2D eigenvalue weighted by Crippen LogP contribution is -2.06. The first-order chi connectivity index (χ1) is 4.79. The van der Waals surface area contributed by atoms with Gasteiger partial charge in [0.1, 0.15) is 5.82 Å². The number of nitrogens with zero attached hydrogens (tertiary/aromatic N) is 2. The minimum absolute atomic E-state index is 0.941. The topological polar surface area (TPSA) is 29.9 Å². The van der Waals surface area contributed by atoms with E-state index in [1.807, 2.05) is 6.92 Å². The SMILES string of the molecule is Cc1nc2c(n1C)CNC2. The molecule has 3 nitrogen and oxygen atoms in total. The molecule has 0 unspecified atom stereocenters. The summed E-state index contributed by atoms with van der Waals surface area (Å²) in [5.41, 5.74) is 2.57. The molecule has 2 rings (SSSR count). The van der Waals surface area contributed by atoms with Crippen LogP contribution in [0.2, 0.25) is 0 Å². The van der Waals surface area contributed by atoms with Crippen molar-refractivity contribution in [1.29, 1.82) is 0 Å². The van der Waals surface area contributed by atoms with Crippen LogP contribution in [0.25, 0.3) is 0 Å². The van der Waals surface area contributed by atoms with Gasteiger partial charge < -0.3 is 9.88 Å². The first kappa shape index (κ1) is 5.92. The van der Waals surface area contributed by atoms with Gasteiger partial charge in [0.25, 0.3) is 0 Å². The minimum atomic E-state index is 0.941. The molecular formula is C7H11N3. The maximum absolute atomic E-state index is 4.39. The Balaban J connectivity index is 2.59. The van der Waals surface area contributed by atoms with Gasteiger partial charge in [-0.15, -0.1) is 0 Å². The minimum Gasteiger partial charge on any atom is -0.334 e. The molecule has 0 aliphatic carbocycles. The van der Waals surface area contributed by atoms with Crippen LogP contribution in [0.15, 0.2) is 0 Å². The fraction of sp³-hybridized carbons (Fsp3) is 0.571. The van der Waals surface area contributed by atoms with Crippen LogP contribution in [0.4, 0.5) is 0 Å². The monoisotopic (exact) mass is 137 g/mol. The molecule has 0 saturated carbocycles. The molecule has 1 aromatic rings. The lowest BCUT2D eigenvalue weighted by molar-refractivity contribution is 0.699. The second kappa shape index (κ2) is 1.83. The second-order valence-corrected chi connectivity index (χ2v) is 2.71. The van der Waals surface area contributed by atoms with Crippen molar-refractivity contribution < 1.29 is 0 Å². The highest BCUT2D eigenvalue weighted by atomic mass is 15.1. The Kier molecular flexibility index (Phi) is 1.08. The van der Waals surface area contributed by atoms with Gasteiger partial charge in [-0.2, -0.15) is 0 Å². The van der Waals surface area contributed by atoms with Gasteiger partial charge in [-0.05, 0) is 6.92 Å². The lowest BCUT2D eigenvalue weighted by atomic mass is 10.4. The Morgan fingerprint density at radius 2 is 2.30 bits per heavy atom. The normalized spacial score (nSPS) is 15.8. The van der Waals surface area contributed by atoms with E-state index in [2.05, 4.69) is 21.9 Å². The van der Waals surface area contributed by atoms with Gasteiger partial charge in [0.05, 0.1) is 11.4 Å². The quantitative estimate of drug-likeness (QED) is 0.558. The van der Waals surface area contributed by atoms with E-state index in [0.29, 0.717) is 0 Å². The van der Waals surface area contributed by atoms with Crippen molar-refractivity contribution in [2.24, 2.45) is 7.05 Å². The van der Waals surface area contributed by atoms with Crippen LogP contribution >= 0.6 is 0 Å². The fourth-order valence-corrected chi connectivity index (χ4v) is 1.39. The van der Waals surface area contributed by atoms with E-state index >= 15 is 0 Å². The molecule has 0 amide bonds. The molecule has 0 aromatic carbocycles. The predicted octanol–water partition coefficient (Wildman–Crippen LogP) is 0.332. The molecule has 1 N–H and O–H groups in total. The van der Waals surface area contributed by atoms with Crippen molar-refractivity contribution in [1.82, 2.24) is 14.9 Å². The summed E-state index contributed by atoms with van der Waals surface area (Å²) in [5, 5.41) is 3.25. The zero-order chi connectivity index (χ0) is 7.14. The highest BCUT2D eigenvalue weighted by Crippen LogP contribution is 2.14. The summed E-state index contributed by atoms with van der Waals surface area (Å²) in [5.74, 6) is 1.12. The molecule has 0 spiro atoms. The zero-order valence-electron chi connectivity index (χ0n) is 6.31. The van der Waals surface area contributed by atoms with Crippen molar-refractivity contribution >= 4 is 0 Å². The van der Waals surface area contributed by atoms with Crippen LogP contribution in [0.1, 0.15) is 17.2 Å². The number of fused-ring (bicyclic) bond motifs is 1. The standard InChI is InChI=1S/C7H11N3/c1-5-9-6-3-8-4-7(6)10(5)2/h8H,3-4H2,1-2H3. The molecule has 2 heterocycles. The van der Waals surface area contributed by atoms with E-state index in [0.717, 1.165) is 18.9 Å². The van der Waals surface area contributed by atoms with Gasteiger partial charge in [-0.1, -0.05) is 0 Å². The van der Waals surface area contributed by atoms with Crippen LogP contribution in [0.3, 0.4) is 0 Å². The Morgan fingerprint density at radius 3 is 3.00 bits per heavy atom. The summed E-state index contributed by atoms with van der Waals surface area (Å²) in [6.07, 6.45) is 0. The van der Waals surface area contributed by atoms with Crippen LogP contribution < -0.4 is 5.32 Å². The number of hydrogen-bond acceptors (Lipinski definition) is 2. The number of hydrogen-bond donors (Lipinski definition) is 1. The van der Waals surface area contributed by atoms with Crippen LogP contribution in [0.5, 0.6) is 0 Å². The summed E-state index contributed by atoms with van der Waals surface area (Å²) < 4.78 is 2.15. The zero-order valence-corrected chi connectivity index (χ0v) is 6.31. The third-order valence-corrected chi connectivity index (χ3v) is 2.11. The summed E-state index contributed by atoms with van der Waals surface area (Å²) in [4.78, 5) is 4.39. The highest BCUT2D eigenvalue weighted by Gasteiger charge is 2.16. The molecular weight excluding hydrogens is 126 g/mol. The summed E-state index contributed by atoms with van der Waals surface area (Å²) in [7, 11) is 2.06. The van der Waals surface area contributed by atoms with E-state index in [1.54, 1.807) is 0 Å². The number of aryl methyl sites for hydroxylation is 1. The van der Waals surface area contributed by atoms with Gasteiger partial charge in [0.2, 0.25) is 0 Å². The highest BCUT2D eigenvalue weighted by molar-refractivity contribution is 5.19. The van der Waals surface area contributed by atoms with Crippen molar-refractivity contribution in [3.63, 3.8) is 0 Å². The predicted molar refractivity (Wildman–Crippen MR) is 38.5 cm³/mol. The maximum atomic E-state index is 4.39. The van der Waals surface area contributed by atoms with Crippen molar-refractivity contribution in [2.45, 2.75) is 20.0 Å². The molecule has 54 valence electrons. The number of rotatable bonds is 0. The molecule has 10 heavy (non-hydrogen) atoms.